The van der Waals surface area contributed by atoms with Gasteiger partial charge >= 0.3 is 6.18 Å². The maximum absolute atomic E-state index is 12.7. The second-order valence-corrected chi connectivity index (χ2v) is 8.91. The van der Waals surface area contributed by atoms with Gasteiger partial charge in [0.1, 0.15) is 0 Å². The van der Waals surface area contributed by atoms with Gasteiger partial charge in [-0.25, -0.2) is 9.20 Å². The fraction of sp³-hybridized carbons (Fsp3) is 0.409. The smallest absolute Gasteiger partial charge is 0.369 e. The van der Waals surface area contributed by atoms with Crippen LogP contribution in [0.15, 0.2) is 52.4 Å². The number of hydrogen-bond donors (Lipinski definition) is 0. The van der Waals surface area contributed by atoms with Gasteiger partial charge in [-0.15, -0.1) is 0 Å². The molecule has 0 N–H and O–H groups in total. The van der Waals surface area contributed by atoms with Gasteiger partial charge in [0.15, 0.2) is 0 Å². The van der Waals surface area contributed by atoms with E-state index in [9.17, 15) is 17.4 Å². The first kappa shape index (κ1) is 21.1. The van der Waals surface area contributed by atoms with Crippen LogP contribution in [0.2, 0.25) is 0 Å². The normalized spacial score (nSPS) is 19.3. The highest BCUT2D eigenvalue weighted by Gasteiger charge is 2.30. The van der Waals surface area contributed by atoms with Crippen molar-refractivity contribution < 1.29 is 17.4 Å². The molecule has 2 aliphatic rings. The molecule has 30 heavy (non-hydrogen) atoms. The molecule has 4 rings (SSSR count). The number of piperazine rings is 1. The van der Waals surface area contributed by atoms with Crippen LogP contribution in [0.3, 0.4) is 0 Å². The number of nitrogens with zero attached hydrogens (tertiary/aromatic N) is 3. The zero-order valence-corrected chi connectivity index (χ0v) is 17.4. The summed E-state index contributed by atoms with van der Waals surface area (Å²) >= 11 is 0. The zero-order valence-electron chi connectivity index (χ0n) is 16.6. The fourth-order valence-electron chi connectivity index (χ4n) is 3.90. The maximum atomic E-state index is 12.7. The third-order valence-corrected chi connectivity index (χ3v) is 6.71. The zero-order chi connectivity index (χ0) is 21.1. The van der Waals surface area contributed by atoms with Crippen molar-refractivity contribution in [2.24, 2.45) is 4.99 Å². The second-order valence-electron chi connectivity index (χ2n) is 7.66. The highest BCUT2D eigenvalue weighted by atomic mass is 32.2. The third-order valence-electron chi connectivity index (χ3n) is 5.65. The Labute approximate surface area is 176 Å². The van der Waals surface area contributed by atoms with Crippen molar-refractivity contribution in [2.75, 3.05) is 37.6 Å². The van der Waals surface area contributed by atoms with Gasteiger partial charge in [-0.2, -0.15) is 13.2 Å². The molecule has 0 spiro atoms. The number of anilines is 1. The van der Waals surface area contributed by atoms with Crippen molar-refractivity contribution in [3.05, 3.63) is 53.6 Å². The number of rotatable bonds is 6. The molecule has 2 aromatic carbocycles. The molecule has 160 valence electrons. The fourth-order valence-corrected chi connectivity index (χ4v) is 4.82. The predicted octanol–water partition coefficient (Wildman–Crippen LogP) is 4.63. The summed E-state index contributed by atoms with van der Waals surface area (Å²) in [5, 5.41) is 0. The molecule has 2 aromatic rings. The molecule has 0 radical (unpaired) electrons. The molecule has 1 unspecified atom stereocenters. The summed E-state index contributed by atoms with van der Waals surface area (Å²) < 4.78 is 50.0. The van der Waals surface area contributed by atoms with Crippen molar-refractivity contribution in [1.29, 1.82) is 0 Å². The molecule has 0 aromatic heterocycles. The molecule has 2 aliphatic heterocycles. The van der Waals surface area contributed by atoms with Crippen molar-refractivity contribution in [1.82, 2.24) is 4.90 Å². The lowest BCUT2D eigenvalue weighted by molar-refractivity contribution is -0.137. The lowest BCUT2D eigenvalue weighted by Gasteiger charge is -2.36. The Balaban J connectivity index is 1.19. The number of halogens is 3. The van der Waals surface area contributed by atoms with E-state index in [4.69, 9.17) is 0 Å². The first-order chi connectivity index (χ1) is 14.4. The highest BCUT2D eigenvalue weighted by molar-refractivity contribution is 7.99. The van der Waals surface area contributed by atoms with E-state index in [1.54, 1.807) is 12.1 Å². The molecule has 1 fully saturated rings. The minimum Gasteiger partial charge on any atom is -0.369 e. The topological polar surface area (TPSA) is 35.9 Å². The lowest BCUT2D eigenvalue weighted by atomic mass is 10.1. The Morgan fingerprint density at radius 1 is 0.967 bits per heavy atom. The first-order valence-electron chi connectivity index (χ1n) is 10.1. The largest absolute Gasteiger partial charge is 0.416 e. The summed E-state index contributed by atoms with van der Waals surface area (Å²) in [6.07, 6.45) is -1.19. The average molecular weight is 436 g/mol. The Morgan fingerprint density at radius 2 is 1.70 bits per heavy atom. The first-order valence-corrected chi connectivity index (χ1v) is 11.3. The minimum absolute atomic E-state index is 0.605. The minimum atomic E-state index is -4.29. The van der Waals surface area contributed by atoms with Gasteiger partial charge in [-0.3, -0.25) is 4.90 Å². The quantitative estimate of drug-likeness (QED) is 0.621. The summed E-state index contributed by atoms with van der Waals surface area (Å²) in [5.74, 6) is 0. The van der Waals surface area contributed by atoms with E-state index in [2.05, 4.69) is 20.9 Å². The van der Waals surface area contributed by atoms with E-state index in [0.717, 1.165) is 80.4 Å². The van der Waals surface area contributed by atoms with E-state index < -0.39 is 22.5 Å². The summed E-state index contributed by atoms with van der Waals surface area (Å²) in [7, 11) is -1.10. The van der Waals surface area contributed by atoms with E-state index >= 15 is 0 Å². The van der Waals surface area contributed by atoms with Crippen LogP contribution in [0, 0.1) is 0 Å². The van der Waals surface area contributed by atoms with Gasteiger partial charge in [-0.05, 0) is 67.8 Å². The molecule has 0 saturated carbocycles. The number of unbranched alkanes of at least 4 members (excludes halogenated alkanes) is 1. The Bertz CT molecular complexity index is 936. The van der Waals surface area contributed by atoms with Gasteiger partial charge < -0.3 is 4.90 Å². The Morgan fingerprint density at radius 3 is 2.40 bits per heavy atom. The van der Waals surface area contributed by atoms with E-state index in [-0.39, 0.29) is 0 Å². The SMILES string of the molecule is O=S1C=Nc2ccc(CCCCN3CCN(c4ccc(C(F)(F)F)cc4)CC3)cc21. The van der Waals surface area contributed by atoms with Gasteiger partial charge in [0.2, 0.25) is 0 Å². The van der Waals surface area contributed by atoms with E-state index in [1.165, 1.54) is 11.1 Å². The molecule has 1 atom stereocenters. The molecule has 4 nitrogen and oxygen atoms in total. The third kappa shape index (κ3) is 4.92. The van der Waals surface area contributed by atoms with Gasteiger partial charge in [0.25, 0.3) is 0 Å². The van der Waals surface area contributed by atoms with Crippen LogP contribution >= 0.6 is 0 Å². The summed E-state index contributed by atoms with van der Waals surface area (Å²) in [6, 6.07) is 11.4. The summed E-state index contributed by atoms with van der Waals surface area (Å²) in [6.45, 7) is 4.48. The average Bonchev–Trinajstić information content (AvgIpc) is 3.11. The second kappa shape index (κ2) is 8.89. The van der Waals surface area contributed by atoms with E-state index in [0.29, 0.717) is 0 Å². The number of hydrogen-bond acceptors (Lipinski definition) is 4. The summed E-state index contributed by atoms with van der Waals surface area (Å²) in [4.78, 5) is 9.50. The van der Waals surface area contributed by atoms with Crippen molar-refractivity contribution in [3.63, 3.8) is 0 Å². The molecule has 8 heteroatoms. The lowest BCUT2D eigenvalue weighted by Crippen LogP contribution is -2.46. The predicted molar refractivity (Wildman–Crippen MR) is 114 cm³/mol. The van der Waals surface area contributed by atoms with Crippen LogP contribution in [-0.2, 0) is 23.4 Å². The van der Waals surface area contributed by atoms with E-state index in [1.807, 2.05) is 12.1 Å². The summed E-state index contributed by atoms with van der Waals surface area (Å²) in [5.41, 5.74) is 3.73. The van der Waals surface area contributed by atoms with Crippen LogP contribution in [-0.4, -0.2) is 47.4 Å². The van der Waals surface area contributed by atoms with Crippen LogP contribution in [0.4, 0.5) is 24.5 Å². The Kier molecular flexibility index (Phi) is 6.24. The molecular formula is C22H24F3N3OS. The number of aliphatic imine (C=N–C) groups is 1. The van der Waals surface area contributed by atoms with Crippen molar-refractivity contribution >= 4 is 27.7 Å². The molecule has 0 aliphatic carbocycles. The number of fused-ring (bicyclic) bond motifs is 1. The molecular weight excluding hydrogens is 411 g/mol. The van der Waals surface area contributed by atoms with Crippen LogP contribution < -0.4 is 4.90 Å². The van der Waals surface area contributed by atoms with Crippen molar-refractivity contribution in [2.45, 2.75) is 30.3 Å². The molecule has 1 saturated heterocycles. The van der Waals surface area contributed by atoms with Gasteiger partial charge in [-0.1, -0.05) is 6.07 Å². The van der Waals surface area contributed by atoms with Crippen LogP contribution in [0.1, 0.15) is 24.0 Å². The number of benzene rings is 2. The molecule has 0 bridgehead atoms. The number of alkyl halides is 3. The number of aryl methyl sites for hydroxylation is 1. The molecule has 2 heterocycles. The standard InChI is InChI=1S/C22H24F3N3OS/c23-22(24,25)18-5-7-19(8-6-18)28-13-11-27(12-14-28)10-2-1-3-17-4-9-20-21(15-17)30(29)16-26-20/h4-9,15-16H,1-3,10-14H2. The monoisotopic (exact) mass is 435 g/mol. The van der Waals surface area contributed by atoms with Crippen LogP contribution in [0.5, 0.6) is 0 Å². The maximum Gasteiger partial charge on any atom is 0.416 e. The molecule has 0 amide bonds. The highest BCUT2D eigenvalue weighted by Crippen LogP contribution is 2.31. The van der Waals surface area contributed by atoms with Gasteiger partial charge in [0.05, 0.1) is 32.5 Å². The Hall–Kier alpha value is -2.19. The van der Waals surface area contributed by atoms with Crippen molar-refractivity contribution in [3.8, 4) is 0 Å². The van der Waals surface area contributed by atoms with Gasteiger partial charge in [0, 0.05) is 31.9 Å². The van der Waals surface area contributed by atoms with Crippen LogP contribution in [0.25, 0.3) is 0 Å².